The minimum atomic E-state index is -0.379. The lowest BCUT2D eigenvalue weighted by atomic mass is 10.2. The van der Waals surface area contributed by atoms with E-state index in [1.54, 1.807) is 18.2 Å². The molecule has 0 saturated heterocycles. The lowest BCUT2D eigenvalue weighted by Crippen LogP contribution is -2.16. The smallest absolute Gasteiger partial charge is 0.255 e. The molecule has 1 amide bonds. The van der Waals surface area contributed by atoms with E-state index in [9.17, 15) is 4.79 Å². The number of anilines is 1. The Morgan fingerprint density at radius 2 is 1.96 bits per heavy atom. The molecule has 5 nitrogen and oxygen atoms in total. The van der Waals surface area contributed by atoms with Gasteiger partial charge in [0.25, 0.3) is 5.91 Å². The number of rotatable bonds is 6. The first-order chi connectivity index (χ1) is 11.5. The number of hydrogen-bond donors (Lipinski definition) is 2. The van der Waals surface area contributed by atoms with Crippen LogP contribution in [0.2, 0.25) is 10.0 Å². The molecule has 1 N–H and O–H groups in total. The predicted octanol–water partition coefficient (Wildman–Crippen LogP) is 4.35. The molecule has 0 bridgehead atoms. The molecular formula is C16H16Cl2N2O3S. The van der Waals surface area contributed by atoms with Gasteiger partial charge in [-0.1, -0.05) is 23.2 Å². The summed E-state index contributed by atoms with van der Waals surface area (Å²) >= 11 is 16.2. The molecule has 0 fully saturated rings. The molecule has 0 spiro atoms. The second-order valence-electron chi connectivity index (χ2n) is 4.91. The van der Waals surface area contributed by atoms with Gasteiger partial charge in [0, 0.05) is 23.7 Å². The number of carbonyl (C=O) groups excluding carboxylic acids is 1. The first-order valence-electron chi connectivity index (χ1n) is 7.02. The molecule has 1 aromatic heterocycles. The van der Waals surface area contributed by atoms with Crippen molar-refractivity contribution in [2.45, 2.75) is 13.0 Å². The van der Waals surface area contributed by atoms with Crippen LogP contribution in [0.5, 0.6) is 11.5 Å². The van der Waals surface area contributed by atoms with Gasteiger partial charge in [-0.05, 0) is 25.1 Å². The number of halogens is 2. The van der Waals surface area contributed by atoms with Crippen molar-refractivity contribution in [1.82, 2.24) is 4.98 Å². The lowest BCUT2D eigenvalue weighted by Gasteiger charge is -2.16. The maximum absolute atomic E-state index is 12.5. The van der Waals surface area contributed by atoms with E-state index >= 15 is 0 Å². The number of amides is 1. The lowest BCUT2D eigenvalue weighted by molar-refractivity contribution is 0.102. The van der Waals surface area contributed by atoms with Crippen LogP contribution in [0.1, 0.15) is 17.3 Å². The third-order valence-electron chi connectivity index (χ3n) is 3.10. The average Bonchev–Trinajstić information content (AvgIpc) is 2.57. The maximum atomic E-state index is 12.5. The highest BCUT2D eigenvalue weighted by Crippen LogP contribution is 2.31. The van der Waals surface area contributed by atoms with E-state index in [1.165, 1.54) is 19.5 Å². The number of hydrogen-bond acceptors (Lipinski definition) is 5. The number of ether oxygens (including phenoxy) is 2. The summed E-state index contributed by atoms with van der Waals surface area (Å²) in [6.45, 7) is 1.87. The van der Waals surface area contributed by atoms with Crippen LogP contribution in [0, 0.1) is 0 Å². The van der Waals surface area contributed by atoms with E-state index in [0.717, 1.165) is 0 Å². The summed E-state index contributed by atoms with van der Waals surface area (Å²) in [6.07, 6.45) is 2.67. The Kier molecular flexibility index (Phi) is 6.60. The van der Waals surface area contributed by atoms with Gasteiger partial charge in [-0.15, -0.1) is 0 Å². The van der Waals surface area contributed by atoms with Crippen molar-refractivity contribution in [3.63, 3.8) is 0 Å². The summed E-state index contributed by atoms with van der Waals surface area (Å²) < 4.78 is 11.0. The van der Waals surface area contributed by atoms with Crippen LogP contribution in [0.4, 0.5) is 5.69 Å². The van der Waals surface area contributed by atoms with Crippen molar-refractivity contribution in [2.75, 3.05) is 18.2 Å². The van der Waals surface area contributed by atoms with Gasteiger partial charge in [-0.25, -0.2) is 0 Å². The molecule has 2 aromatic rings. The highest BCUT2D eigenvalue weighted by atomic mass is 35.5. The van der Waals surface area contributed by atoms with E-state index < -0.39 is 0 Å². The van der Waals surface area contributed by atoms with E-state index in [2.05, 4.69) is 22.9 Å². The largest absolute Gasteiger partial charge is 0.493 e. The maximum Gasteiger partial charge on any atom is 0.255 e. The zero-order valence-electron chi connectivity index (χ0n) is 13.0. The molecule has 24 heavy (non-hydrogen) atoms. The van der Waals surface area contributed by atoms with Crippen LogP contribution in [-0.4, -0.2) is 29.9 Å². The third kappa shape index (κ3) is 4.47. The van der Waals surface area contributed by atoms with Gasteiger partial charge in [0.05, 0.1) is 22.8 Å². The Bertz CT molecular complexity index is 723. The first kappa shape index (κ1) is 18.7. The van der Waals surface area contributed by atoms with Crippen molar-refractivity contribution in [3.8, 4) is 11.5 Å². The second kappa shape index (κ2) is 8.46. The third-order valence-corrected chi connectivity index (χ3v) is 4.19. The second-order valence-corrected chi connectivity index (χ2v) is 6.09. The molecule has 0 saturated carbocycles. The molecule has 1 aromatic carbocycles. The van der Waals surface area contributed by atoms with Gasteiger partial charge in [-0.2, -0.15) is 12.6 Å². The van der Waals surface area contributed by atoms with Crippen molar-refractivity contribution in [2.24, 2.45) is 0 Å². The minimum Gasteiger partial charge on any atom is -0.493 e. The van der Waals surface area contributed by atoms with Crippen molar-refractivity contribution < 1.29 is 14.3 Å². The topological polar surface area (TPSA) is 60.5 Å². The molecule has 0 aliphatic heterocycles. The zero-order chi connectivity index (χ0) is 17.7. The molecule has 2 rings (SSSR count). The normalized spacial score (nSPS) is 11.7. The molecular weight excluding hydrogens is 371 g/mol. The Labute approximate surface area is 155 Å². The molecule has 0 aliphatic rings. The zero-order valence-corrected chi connectivity index (χ0v) is 15.5. The standard InChI is InChI=1S/C16H16Cl2N2O3S/c1-9(8-24)23-14-5-10(3-4-13(14)22-2)16(21)20-15-11(17)6-19-7-12(15)18/h3-7,9,24H,8H2,1-2H3,(H,19,20,21). The van der Waals surface area contributed by atoms with Gasteiger partial charge in [0.2, 0.25) is 0 Å². The van der Waals surface area contributed by atoms with Gasteiger partial charge in [0.1, 0.15) is 6.10 Å². The van der Waals surface area contributed by atoms with Crippen LogP contribution >= 0.6 is 35.8 Å². The SMILES string of the molecule is COc1ccc(C(=O)Nc2c(Cl)cncc2Cl)cc1OC(C)CS. The first-order valence-corrected chi connectivity index (χ1v) is 8.41. The summed E-state index contributed by atoms with van der Waals surface area (Å²) in [5.41, 5.74) is 0.682. The van der Waals surface area contributed by atoms with Gasteiger partial charge in [0.15, 0.2) is 11.5 Å². The number of carbonyl (C=O) groups is 1. The van der Waals surface area contributed by atoms with Crippen LogP contribution in [0.15, 0.2) is 30.6 Å². The Balaban J connectivity index is 2.28. The molecule has 0 aliphatic carbocycles. The van der Waals surface area contributed by atoms with Gasteiger partial charge >= 0.3 is 0 Å². The number of nitrogens with one attached hydrogen (secondary N) is 1. The number of aromatic nitrogens is 1. The number of thiol groups is 1. The van der Waals surface area contributed by atoms with Gasteiger partial charge < -0.3 is 14.8 Å². The summed E-state index contributed by atoms with van der Waals surface area (Å²) in [5, 5.41) is 3.18. The Morgan fingerprint density at radius 1 is 1.29 bits per heavy atom. The monoisotopic (exact) mass is 386 g/mol. The molecule has 8 heteroatoms. The molecule has 128 valence electrons. The van der Waals surface area contributed by atoms with E-state index in [-0.39, 0.29) is 22.1 Å². The van der Waals surface area contributed by atoms with E-state index in [0.29, 0.717) is 28.5 Å². The highest BCUT2D eigenvalue weighted by Gasteiger charge is 2.15. The molecule has 1 unspecified atom stereocenters. The van der Waals surface area contributed by atoms with Crippen LogP contribution < -0.4 is 14.8 Å². The Morgan fingerprint density at radius 3 is 2.54 bits per heavy atom. The van der Waals surface area contributed by atoms with Crippen LogP contribution in [0.25, 0.3) is 0 Å². The summed E-state index contributed by atoms with van der Waals surface area (Å²) in [5.74, 6) is 1.14. The van der Waals surface area contributed by atoms with Crippen LogP contribution in [0.3, 0.4) is 0 Å². The summed E-state index contributed by atoms with van der Waals surface area (Å²) in [4.78, 5) is 16.3. The van der Waals surface area contributed by atoms with Crippen LogP contribution in [-0.2, 0) is 0 Å². The van der Waals surface area contributed by atoms with Gasteiger partial charge in [-0.3, -0.25) is 9.78 Å². The molecule has 1 atom stereocenters. The Hall–Kier alpha value is -1.63. The quantitative estimate of drug-likeness (QED) is 0.724. The fourth-order valence-corrected chi connectivity index (χ4v) is 2.41. The number of methoxy groups -OCH3 is 1. The molecule has 0 radical (unpaired) electrons. The highest BCUT2D eigenvalue weighted by molar-refractivity contribution is 7.80. The minimum absolute atomic E-state index is 0.135. The number of benzene rings is 1. The van der Waals surface area contributed by atoms with Crippen molar-refractivity contribution in [1.29, 1.82) is 0 Å². The predicted molar refractivity (Wildman–Crippen MR) is 99.1 cm³/mol. The van der Waals surface area contributed by atoms with Crippen molar-refractivity contribution in [3.05, 3.63) is 46.2 Å². The fraction of sp³-hybridized carbons (Fsp3) is 0.250. The van der Waals surface area contributed by atoms with Crippen molar-refractivity contribution >= 4 is 47.4 Å². The van der Waals surface area contributed by atoms with E-state index in [4.69, 9.17) is 32.7 Å². The summed E-state index contributed by atoms with van der Waals surface area (Å²) in [6, 6.07) is 4.87. The fourth-order valence-electron chi connectivity index (χ4n) is 1.88. The number of pyridine rings is 1. The number of nitrogens with zero attached hydrogens (tertiary/aromatic N) is 1. The summed E-state index contributed by atoms with van der Waals surface area (Å²) in [7, 11) is 1.53. The molecule has 1 heterocycles. The van der Waals surface area contributed by atoms with E-state index in [1.807, 2.05) is 6.92 Å². The average molecular weight is 387 g/mol.